The van der Waals surface area contributed by atoms with Gasteiger partial charge in [0.15, 0.2) is 0 Å². The Balaban J connectivity index is 1.75. The third-order valence-electron chi connectivity index (χ3n) is 4.40. The van der Waals surface area contributed by atoms with Crippen LogP contribution in [0.5, 0.6) is 5.75 Å². The molecule has 1 unspecified atom stereocenters. The van der Waals surface area contributed by atoms with Gasteiger partial charge in [-0.25, -0.2) is 4.79 Å². The topological polar surface area (TPSA) is 75.8 Å². The number of nitrogens with zero attached hydrogens (tertiary/aromatic N) is 1. The fourth-order valence-electron chi connectivity index (χ4n) is 3.15. The first kappa shape index (κ1) is 18.1. The summed E-state index contributed by atoms with van der Waals surface area (Å²) in [5.74, 6) is 0.421. The predicted molar refractivity (Wildman–Crippen MR) is 86.5 cm³/mol. The predicted octanol–water partition coefficient (Wildman–Crippen LogP) is 4.04. The Hall–Kier alpha value is -2.74. The number of carbonyl (C=O) groups excluding carboxylic acids is 1. The normalized spacial score (nSPS) is 16.2. The van der Waals surface area contributed by atoms with Crippen molar-refractivity contribution in [2.75, 3.05) is 0 Å². The Kier molecular flexibility index (Phi) is 4.78. The molecule has 3 N–H and O–H groups in total. The van der Waals surface area contributed by atoms with Crippen LogP contribution < -0.4 is 10.5 Å². The van der Waals surface area contributed by atoms with Crippen molar-refractivity contribution in [1.82, 2.24) is 5.06 Å². The number of amides is 2. The molecule has 2 aromatic rings. The van der Waals surface area contributed by atoms with Crippen LogP contribution in [0.15, 0.2) is 42.5 Å². The van der Waals surface area contributed by atoms with Crippen LogP contribution in [0, 0.1) is 0 Å². The van der Waals surface area contributed by atoms with Crippen molar-refractivity contribution < 1.29 is 27.9 Å². The van der Waals surface area contributed by atoms with Gasteiger partial charge >= 0.3 is 12.2 Å². The minimum Gasteiger partial charge on any atom is -0.489 e. The Morgan fingerprint density at radius 1 is 1.27 bits per heavy atom. The summed E-state index contributed by atoms with van der Waals surface area (Å²) in [6.45, 7) is -0.217. The number of rotatable bonds is 4. The number of halogens is 3. The van der Waals surface area contributed by atoms with Crippen molar-refractivity contribution in [3.63, 3.8) is 0 Å². The molecule has 0 saturated carbocycles. The Labute approximate surface area is 147 Å². The fourth-order valence-corrected chi connectivity index (χ4v) is 3.15. The quantitative estimate of drug-likeness (QED) is 0.633. The zero-order valence-electron chi connectivity index (χ0n) is 13.7. The largest absolute Gasteiger partial charge is 0.489 e. The van der Waals surface area contributed by atoms with Crippen LogP contribution in [-0.4, -0.2) is 16.3 Å². The minimum atomic E-state index is -4.44. The summed E-state index contributed by atoms with van der Waals surface area (Å²) >= 11 is 0. The van der Waals surface area contributed by atoms with E-state index in [4.69, 9.17) is 10.5 Å². The second kappa shape index (κ2) is 6.87. The highest BCUT2D eigenvalue weighted by molar-refractivity contribution is 5.71. The molecule has 1 aliphatic rings. The highest BCUT2D eigenvalue weighted by Gasteiger charge is 2.33. The van der Waals surface area contributed by atoms with E-state index < -0.39 is 23.8 Å². The number of primary amides is 1. The lowest BCUT2D eigenvalue weighted by atomic mass is 10.1. The average Bonchev–Trinajstić information content (AvgIpc) is 3.01. The second-order valence-corrected chi connectivity index (χ2v) is 6.04. The van der Waals surface area contributed by atoms with Gasteiger partial charge in [-0.15, -0.1) is 0 Å². The maximum absolute atomic E-state index is 13.0. The van der Waals surface area contributed by atoms with Crippen LogP contribution in [0.2, 0.25) is 0 Å². The number of urea groups is 1. The number of alkyl halides is 3. The lowest BCUT2D eigenvalue weighted by Crippen LogP contribution is -2.35. The molecule has 1 aliphatic carbocycles. The summed E-state index contributed by atoms with van der Waals surface area (Å²) < 4.78 is 44.6. The third-order valence-corrected chi connectivity index (χ3v) is 4.40. The maximum atomic E-state index is 13.0. The molecule has 8 heteroatoms. The number of ether oxygens (including phenoxy) is 1. The van der Waals surface area contributed by atoms with Crippen LogP contribution in [-0.2, 0) is 19.2 Å². The molecule has 2 aromatic carbocycles. The molecule has 26 heavy (non-hydrogen) atoms. The molecular weight excluding hydrogens is 349 g/mol. The zero-order valence-corrected chi connectivity index (χ0v) is 13.7. The summed E-state index contributed by atoms with van der Waals surface area (Å²) in [7, 11) is 0. The van der Waals surface area contributed by atoms with E-state index in [0.717, 1.165) is 17.2 Å². The highest BCUT2D eigenvalue weighted by Crippen LogP contribution is 2.37. The first-order chi connectivity index (χ1) is 12.3. The van der Waals surface area contributed by atoms with Gasteiger partial charge < -0.3 is 10.5 Å². The summed E-state index contributed by atoms with van der Waals surface area (Å²) in [5.41, 5.74) is 6.01. The summed E-state index contributed by atoms with van der Waals surface area (Å²) in [6, 6.07) is 8.79. The molecule has 2 amide bonds. The van der Waals surface area contributed by atoms with Gasteiger partial charge in [0.2, 0.25) is 0 Å². The molecule has 0 radical (unpaired) electrons. The van der Waals surface area contributed by atoms with Crippen molar-refractivity contribution in [2.45, 2.75) is 31.7 Å². The fraction of sp³-hybridized carbons (Fsp3) is 0.278. The van der Waals surface area contributed by atoms with Gasteiger partial charge in [0.25, 0.3) is 0 Å². The molecule has 0 saturated heterocycles. The van der Waals surface area contributed by atoms with Crippen molar-refractivity contribution in [2.24, 2.45) is 5.73 Å². The summed E-state index contributed by atoms with van der Waals surface area (Å²) in [5, 5.41) is 10.2. The average molecular weight is 366 g/mol. The minimum absolute atomic E-state index is 0.0497. The number of hydrogen-bond donors (Lipinski definition) is 2. The molecule has 138 valence electrons. The zero-order chi connectivity index (χ0) is 18.9. The lowest BCUT2D eigenvalue weighted by molar-refractivity contribution is -0.138. The number of nitrogens with two attached hydrogens (primary N) is 1. The van der Waals surface area contributed by atoms with E-state index in [-0.39, 0.29) is 12.2 Å². The molecular formula is C18H17F3N2O3. The Bertz CT molecular complexity index is 824. The number of hydroxylamine groups is 2. The van der Waals surface area contributed by atoms with Gasteiger partial charge in [-0.1, -0.05) is 24.3 Å². The van der Waals surface area contributed by atoms with Crippen molar-refractivity contribution in [1.29, 1.82) is 0 Å². The number of aryl methyl sites for hydroxylation is 1. The first-order valence-electron chi connectivity index (χ1n) is 7.95. The van der Waals surface area contributed by atoms with E-state index in [1.54, 1.807) is 18.2 Å². The van der Waals surface area contributed by atoms with Crippen LogP contribution in [0.1, 0.15) is 34.7 Å². The molecule has 5 nitrogen and oxygen atoms in total. The van der Waals surface area contributed by atoms with E-state index >= 15 is 0 Å². The Morgan fingerprint density at radius 3 is 2.69 bits per heavy atom. The first-order valence-corrected chi connectivity index (χ1v) is 7.95. The number of carbonyl (C=O) groups is 1. The van der Waals surface area contributed by atoms with Crippen LogP contribution in [0.3, 0.4) is 0 Å². The highest BCUT2D eigenvalue weighted by atomic mass is 19.4. The van der Waals surface area contributed by atoms with Gasteiger partial charge in [-0.2, -0.15) is 18.2 Å². The van der Waals surface area contributed by atoms with Crippen molar-refractivity contribution in [3.05, 3.63) is 64.7 Å². The van der Waals surface area contributed by atoms with Gasteiger partial charge in [-0.3, -0.25) is 5.21 Å². The molecule has 1 atom stereocenters. The molecule has 0 heterocycles. The van der Waals surface area contributed by atoms with E-state index in [2.05, 4.69) is 0 Å². The van der Waals surface area contributed by atoms with Crippen LogP contribution >= 0.6 is 0 Å². The Morgan fingerprint density at radius 2 is 2.00 bits per heavy atom. The second-order valence-electron chi connectivity index (χ2n) is 6.04. The van der Waals surface area contributed by atoms with Gasteiger partial charge in [0.05, 0.1) is 11.6 Å². The van der Waals surface area contributed by atoms with Gasteiger partial charge in [0, 0.05) is 5.56 Å². The smallest absolute Gasteiger partial charge is 0.416 e. The van der Waals surface area contributed by atoms with Crippen LogP contribution in [0.25, 0.3) is 0 Å². The summed E-state index contributed by atoms with van der Waals surface area (Å²) in [4.78, 5) is 11.1. The number of benzene rings is 2. The maximum Gasteiger partial charge on any atom is 0.416 e. The molecule has 0 aliphatic heterocycles. The van der Waals surface area contributed by atoms with Gasteiger partial charge in [-0.05, 0) is 42.2 Å². The lowest BCUT2D eigenvalue weighted by Gasteiger charge is -2.21. The van der Waals surface area contributed by atoms with Gasteiger partial charge in [0.1, 0.15) is 12.4 Å². The van der Waals surface area contributed by atoms with E-state index in [1.165, 1.54) is 18.2 Å². The molecule has 0 fully saturated rings. The number of hydrogen-bond acceptors (Lipinski definition) is 3. The molecule has 0 bridgehead atoms. The third kappa shape index (κ3) is 3.60. The molecule has 0 aromatic heterocycles. The van der Waals surface area contributed by atoms with E-state index in [0.29, 0.717) is 23.7 Å². The van der Waals surface area contributed by atoms with E-state index in [9.17, 15) is 23.2 Å². The monoisotopic (exact) mass is 366 g/mol. The standard InChI is InChI=1S/C18H17F3N2O3/c19-18(20,21)15-4-2-1-3-12(15)10-26-13-6-7-14-11(9-13)5-8-16(14)23(25)17(22)24/h1-4,6-7,9,16,25H,5,8,10H2,(H2,22,24). The molecule has 0 spiro atoms. The van der Waals surface area contributed by atoms with E-state index in [1.807, 2.05) is 0 Å². The number of fused-ring (bicyclic) bond motifs is 1. The van der Waals surface area contributed by atoms with Crippen LogP contribution in [0.4, 0.5) is 18.0 Å². The van der Waals surface area contributed by atoms with Crippen molar-refractivity contribution in [3.8, 4) is 5.75 Å². The summed E-state index contributed by atoms with van der Waals surface area (Å²) in [6.07, 6.45) is -3.33. The molecule has 3 rings (SSSR count). The van der Waals surface area contributed by atoms with Crippen molar-refractivity contribution >= 4 is 6.03 Å². The SMILES string of the molecule is NC(=O)N(O)C1CCc2cc(OCc3ccccc3C(F)(F)F)ccc21.